The zero-order valence-corrected chi connectivity index (χ0v) is 14.9. The van der Waals surface area contributed by atoms with Gasteiger partial charge in [0.05, 0.1) is 13.2 Å². The number of rotatable bonds is 10. The van der Waals surface area contributed by atoms with Crippen molar-refractivity contribution in [1.29, 1.82) is 0 Å². The fraction of sp³-hybridized carbons (Fsp3) is 1.00. The number of phosphoric ester groups is 1. The highest BCUT2D eigenvalue weighted by Gasteiger charge is 2.48. The quantitative estimate of drug-likeness (QED) is 0.338. The van der Waals surface area contributed by atoms with E-state index in [2.05, 4.69) is 18.4 Å². The van der Waals surface area contributed by atoms with E-state index in [1.807, 2.05) is 0 Å². The lowest BCUT2D eigenvalue weighted by Gasteiger charge is -2.41. The molecule has 0 radical (unpaired) electrons. The van der Waals surface area contributed by atoms with E-state index < -0.39 is 45.1 Å². The van der Waals surface area contributed by atoms with Crippen molar-refractivity contribution in [3.63, 3.8) is 0 Å². The van der Waals surface area contributed by atoms with Crippen molar-refractivity contribution in [2.45, 2.75) is 70.2 Å². The Kier molecular flexibility index (Phi) is 9.29. The van der Waals surface area contributed by atoms with Crippen LogP contribution in [0.15, 0.2) is 0 Å². The number of hydrogen-bond acceptors (Lipinski definition) is 7. The molecule has 0 bridgehead atoms. The van der Waals surface area contributed by atoms with E-state index in [0.29, 0.717) is 6.61 Å². The molecule has 1 rings (SSSR count). The highest BCUT2D eigenvalue weighted by Crippen LogP contribution is 2.41. The van der Waals surface area contributed by atoms with Crippen molar-refractivity contribution >= 4 is 7.82 Å². The van der Waals surface area contributed by atoms with E-state index in [1.54, 1.807) is 0 Å². The fourth-order valence-electron chi connectivity index (χ4n) is 2.83. The van der Waals surface area contributed by atoms with Crippen molar-refractivity contribution in [2.24, 2.45) is 5.92 Å². The number of aliphatic hydroxyl groups excluding tert-OH is 3. The molecular formula is C14H29O9P. The van der Waals surface area contributed by atoms with Crippen LogP contribution in [-0.4, -0.2) is 69.0 Å². The van der Waals surface area contributed by atoms with Crippen LogP contribution in [0.25, 0.3) is 0 Å². The monoisotopic (exact) mass is 372 g/mol. The van der Waals surface area contributed by atoms with Crippen molar-refractivity contribution < 1.29 is 43.7 Å². The average Bonchev–Trinajstić information content (AvgIpc) is 2.50. The van der Waals surface area contributed by atoms with Gasteiger partial charge in [-0.15, -0.1) is 0 Å². The molecule has 0 spiro atoms. The van der Waals surface area contributed by atoms with Crippen LogP contribution in [0.2, 0.25) is 0 Å². The van der Waals surface area contributed by atoms with E-state index >= 15 is 0 Å². The molecule has 24 heavy (non-hydrogen) atoms. The van der Waals surface area contributed by atoms with Crippen LogP contribution in [-0.2, 0) is 18.6 Å². The standard InChI is InChI=1S/C14H29O9P/c1-3-5-9(6-4-2)8-21-14-12(17)13(23-24(18,19)20)11(16)10(7-15)22-14/h9-17H,3-8H2,1-2H3,(H2,18,19,20)/t10-,11+,12-,13-,14+/m1/s1. The lowest BCUT2D eigenvalue weighted by atomic mass is 9.98. The number of ether oxygens (including phenoxy) is 2. The van der Waals surface area contributed by atoms with Crippen LogP contribution in [0.3, 0.4) is 0 Å². The normalized spacial score (nSPS) is 31.6. The maximum atomic E-state index is 11.0. The summed E-state index contributed by atoms with van der Waals surface area (Å²) in [7, 11) is -4.94. The number of hydrogen-bond donors (Lipinski definition) is 5. The highest BCUT2D eigenvalue weighted by molar-refractivity contribution is 7.46. The van der Waals surface area contributed by atoms with Crippen LogP contribution >= 0.6 is 7.82 Å². The van der Waals surface area contributed by atoms with Gasteiger partial charge in [-0.3, -0.25) is 4.52 Å². The largest absolute Gasteiger partial charge is 0.470 e. The van der Waals surface area contributed by atoms with Gasteiger partial charge in [0.2, 0.25) is 0 Å². The smallest absolute Gasteiger partial charge is 0.394 e. The van der Waals surface area contributed by atoms with Gasteiger partial charge >= 0.3 is 7.82 Å². The van der Waals surface area contributed by atoms with E-state index in [4.69, 9.17) is 19.3 Å². The molecule has 0 saturated carbocycles. The first-order chi connectivity index (χ1) is 11.2. The Bertz CT molecular complexity index is 396. The third kappa shape index (κ3) is 6.67. The zero-order chi connectivity index (χ0) is 18.3. The first-order valence-corrected chi connectivity index (χ1v) is 9.74. The van der Waals surface area contributed by atoms with Gasteiger partial charge in [0.25, 0.3) is 0 Å². The summed E-state index contributed by atoms with van der Waals surface area (Å²) in [5.74, 6) is 0.261. The minimum atomic E-state index is -4.94. The van der Waals surface area contributed by atoms with Gasteiger partial charge in [0.15, 0.2) is 6.29 Å². The van der Waals surface area contributed by atoms with Gasteiger partial charge in [0.1, 0.15) is 24.4 Å². The lowest BCUT2D eigenvalue weighted by molar-refractivity contribution is -0.300. The summed E-state index contributed by atoms with van der Waals surface area (Å²) in [6.45, 7) is 3.79. The van der Waals surface area contributed by atoms with Crippen molar-refractivity contribution in [2.75, 3.05) is 13.2 Å². The molecule has 0 amide bonds. The second kappa shape index (κ2) is 10.2. The van der Waals surface area contributed by atoms with Gasteiger partial charge in [-0.05, 0) is 18.8 Å². The summed E-state index contributed by atoms with van der Waals surface area (Å²) in [4.78, 5) is 17.9. The highest BCUT2D eigenvalue weighted by atomic mass is 31.2. The van der Waals surface area contributed by atoms with Gasteiger partial charge in [-0.2, -0.15) is 0 Å². The topological polar surface area (TPSA) is 146 Å². The molecule has 9 nitrogen and oxygen atoms in total. The van der Waals surface area contributed by atoms with Gasteiger partial charge in [-0.25, -0.2) is 4.57 Å². The van der Waals surface area contributed by atoms with Crippen molar-refractivity contribution in [3.05, 3.63) is 0 Å². The molecule has 0 aromatic rings. The van der Waals surface area contributed by atoms with Crippen LogP contribution < -0.4 is 0 Å². The molecule has 5 atom stereocenters. The fourth-order valence-corrected chi connectivity index (χ4v) is 3.40. The predicted octanol–water partition coefficient (Wildman–Crippen LogP) is 0.136. The molecule has 1 aliphatic heterocycles. The summed E-state index contributed by atoms with van der Waals surface area (Å²) >= 11 is 0. The molecule has 1 saturated heterocycles. The van der Waals surface area contributed by atoms with E-state index in [1.165, 1.54) is 0 Å². The molecule has 1 aliphatic rings. The third-order valence-electron chi connectivity index (χ3n) is 3.97. The summed E-state index contributed by atoms with van der Waals surface area (Å²) in [6, 6.07) is 0. The SMILES string of the molecule is CCCC(CCC)CO[C@H]1O[C@H](CO)[C@H](O)[C@@H](OP(=O)(O)O)[C@H]1O. The summed E-state index contributed by atoms with van der Waals surface area (Å²) in [5, 5.41) is 29.4. The molecular weight excluding hydrogens is 343 g/mol. The first kappa shape index (κ1) is 22.0. The Balaban J connectivity index is 2.76. The molecule has 0 unspecified atom stereocenters. The van der Waals surface area contributed by atoms with Crippen LogP contribution in [0.1, 0.15) is 39.5 Å². The maximum Gasteiger partial charge on any atom is 0.470 e. The Morgan fingerprint density at radius 2 is 1.71 bits per heavy atom. The molecule has 0 aromatic heterocycles. The molecule has 1 heterocycles. The van der Waals surface area contributed by atoms with Crippen LogP contribution in [0.5, 0.6) is 0 Å². The molecule has 1 fully saturated rings. The number of phosphoric acid groups is 1. The second-order valence-corrected chi connectivity index (χ2v) is 7.24. The third-order valence-corrected chi connectivity index (χ3v) is 4.49. The Hall–Kier alpha value is -0.0900. The first-order valence-electron chi connectivity index (χ1n) is 8.21. The summed E-state index contributed by atoms with van der Waals surface area (Å²) in [6.07, 6.45) is -3.43. The van der Waals surface area contributed by atoms with Gasteiger partial charge in [-0.1, -0.05) is 26.7 Å². The molecule has 10 heteroatoms. The Morgan fingerprint density at radius 3 is 2.17 bits per heavy atom. The average molecular weight is 372 g/mol. The van der Waals surface area contributed by atoms with E-state index in [-0.39, 0.29) is 5.92 Å². The molecule has 5 N–H and O–H groups in total. The second-order valence-electron chi connectivity index (χ2n) is 6.04. The minimum absolute atomic E-state index is 0.261. The van der Waals surface area contributed by atoms with Crippen LogP contribution in [0, 0.1) is 5.92 Å². The van der Waals surface area contributed by atoms with Gasteiger partial charge < -0.3 is 34.6 Å². The Labute approximate surface area is 141 Å². The lowest BCUT2D eigenvalue weighted by Crippen LogP contribution is -2.60. The summed E-state index contributed by atoms with van der Waals surface area (Å²) < 4.78 is 26.4. The van der Waals surface area contributed by atoms with Crippen molar-refractivity contribution in [1.82, 2.24) is 0 Å². The predicted molar refractivity (Wildman–Crippen MR) is 83.9 cm³/mol. The zero-order valence-electron chi connectivity index (χ0n) is 14.0. The maximum absolute atomic E-state index is 11.0. The molecule has 0 aromatic carbocycles. The van der Waals surface area contributed by atoms with Gasteiger partial charge in [0, 0.05) is 0 Å². The molecule has 0 aliphatic carbocycles. The van der Waals surface area contributed by atoms with E-state index in [9.17, 15) is 19.9 Å². The minimum Gasteiger partial charge on any atom is -0.394 e. The van der Waals surface area contributed by atoms with Crippen molar-refractivity contribution in [3.8, 4) is 0 Å². The Morgan fingerprint density at radius 1 is 1.12 bits per heavy atom. The summed E-state index contributed by atoms with van der Waals surface area (Å²) in [5.41, 5.74) is 0. The number of aliphatic hydroxyl groups is 3. The van der Waals surface area contributed by atoms with Crippen LogP contribution in [0.4, 0.5) is 0 Å². The molecule has 144 valence electrons. The van der Waals surface area contributed by atoms with E-state index in [0.717, 1.165) is 25.7 Å².